The third kappa shape index (κ3) is 2.84. The van der Waals surface area contributed by atoms with Crippen LogP contribution in [0, 0.1) is 0 Å². The first-order valence-corrected chi connectivity index (χ1v) is 10.5. The van der Waals surface area contributed by atoms with Crippen molar-refractivity contribution < 1.29 is 27.5 Å². The zero-order chi connectivity index (χ0) is 19.4. The minimum atomic E-state index is -3.93. The maximum atomic E-state index is 12.9. The third-order valence-corrected chi connectivity index (χ3v) is 7.29. The van der Waals surface area contributed by atoms with Crippen molar-refractivity contribution in [3.63, 3.8) is 0 Å². The van der Waals surface area contributed by atoms with Crippen LogP contribution in [0.4, 0.5) is 0 Å². The van der Waals surface area contributed by atoms with Crippen molar-refractivity contribution in [2.45, 2.75) is 43.4 Å². The summed E-state index contributed by atoms with van der Waals surface area (Å²) in [5, 5.41) is 0. The lowest BCUT2D eigenvalue weighted by Gasteiger charge is -2.37. The van der Waals surface area contributed by atoms with Crippen molar-refractivity contribution in [2.24, 2.45) is 0 Å². The Kier molecular flexibility index (Phi) is 4.28. The zero-order valence-electron chi connectivity index (χ0n) is 15.3. The minimum Gasteiger partial charge on any atom is -0.347 e. The van der Waals surface area contributed by atoms with Crippen molar-refractivity contribution >= 4 is 21.8 Å². The van der Waals surface area contributed by atoms with Crippen molar-refractivity contribution in [1.82, 2.24) is 9.21 Å². The number of ether oxygens (including phenoxy) is 2. The summed E-state index contributed by atoms with van der Waals surface area (Å²) in [7, 11) is -3.93. The summed E-state index contributed by atoms with van der Waals surface area (Å²) < 4.78 is 37.6. The molecular weight excluding hydrogens is 372 g/mol. The number of hydrogen-bond acceptors (Lipinski definition) is 6. The SMILES string of the molecule is CC(C)N1C(=O)c2ccc(C(=O)N3CCC4(CC3)OCCO4)cc2S1(=O)=O. The molecule has 3 heterocycles. The van der Waals surface area contributed by atoms with E-state index in [0.29, 0.717) is 39.1 Å². The van der Waals surface area contributed by atoms with E-state index in [2.05, 4.69) is 0 Å². The van der Waals surface area contributed by atoms with E-state index in [1.165, 1.54) is 18.2 Å². The first kappa shape index (κ1) is 18.4. The molecule has 9 heteroatoms. The van der Waals surface area contributed by atoms with Gasteiger partial charge in [-0.3, -0.25) is 9.59 Å². The largest absolute Gasteiger partial charge is 0.347 e. The van der Waals surface area contributed by atoms with Crippen molar-refractivity contribution in [2.75, 3.05) is 26.3 Å². The number of rotatable bonds is 2. The molecule has 0 N–H and O–H groups in total. The van der Waals surface area contributed by atoms with Gasteiger partial charge >= 0.3 is 0 Å². The molecule has 1 aromatic rings. The Morgan fingerprint density at radius 1 is 1.15 bits per heavy atom. The second kappa shape index (κ2) is 6.29. The summed E-state index contributed by atoms with van der Waals surface area (Å²) >= 11 is 0. The molecule has 146 valence electrons. The number of carbonyl (C=O) groups excluding carboxylic acids is 2. The zero-order valence-corrected chi connectivity index (χ0v) is 16.1. The molecule has 1 aromatic carbocycles. The van der Waals surface area contributed by atoms with Crippen LogP contribution in [-0.2, 0) is 19.5 Å². The Bertz CT molecular complexity index is 894. The van der Waals surface area contributed by atoms with Gasteiger partial charge < -0.3 is 14.4 Å². The van der Waals surface area contributed by atoms with Gasteiger partial charge in [0.05, 0.1) is 18.8 Å². The van der Waals surface area contributed by atoms with E-state index >= 15 is 0 Å². The molecule has 2 saturated heterocycles. The molecule has 0 aromatic heterocycles. The molecule has 2 fully saturated rings. The van der Waals surface area contributed by atoms with Crippen molar-refractivity contribution in [3.05, 3.63) is 29.3 Å². The average Bonchev–Trinajstić information content (AvgIpc) is 3.16. The standard InChI is InChI=1S/C18H22N2O6S/c1-12(2)20-17(22)14-4-3-13(11-15(14)27(20,23)24)16(21)19-7-5-18(6-8-19)25-9-10-26-18/h3-4,11-12H,5-10H2,1-2H3. The molecule has 0 saturated carbocycles. The van der Waals surface area contributed by atoms with E-state index in [0.717, 1.165) is 4.31 Å². The van der Waals surface area contributed by atoms with E-state index in [9.17, 15) is 18.0 Å². The van der Waals surface area contributed by atoms with Gasteiger partial charge in [-0.1, -0.05) is 0 Å². The van der Waals surface area contributed by atoms with Crippen LogP contribution in [-0.4, -0.2) is 67.6 Å². The fourth-order valence-electron chi connectivity index (χ4n) is 3.91. The Labute approximate surface area is 158 Å². The van der Waals surface area contributed by atoms with Crippen LogP contribution in [0.15, 0.2) is 23.1 Å². The highest BCUT2D eigenvalue weighted by Gasteiger charge is 2.44. The highest BCUT2D eigenvalue weighted by atomic mass is 32.2. The van der Waals surface area contributed by atoms with Crippen LogP contribution >= 0.6 is 0 Å². The van der Waals surface area contributed by atoms with Gasteiger partial charge in [0.15, 0.2) is 5.79 Å². The van der Waals surface area contributed by atoms with Crippen LogP contribution < -0.4 is 0 Å². The smallest absolute Gasteiger partial charge is 0.269 e. The molecular formula is C18H22N2O6S. The first-order chi connectivity index (χ1) is 12.8. The molecule has 0 unspecified atom stereocenters. The van der Waals surface area contributed by atoms with E-state index in [4.69, 9.17) is 9.47 Å². The fourth-order valence-corrected chi connectivity index (χ4v) is 5.70. The topological polar surface area (TPSA) is 93.2 Å². The number of carbonyl (C=O) groups is 2. The summed E-state index contributed by atoms with van der Waals surface area (Å²) in [4.78, 5) is 26.8. The van der Waals surface area contributed by atoms with Gasteiger partial charge in [-0.05, 0) is 32.0 Å². The van der Waals surface area contributed by atoms with Gasteiger partial charge in [0.25, 0.3) is 21.8 Å². The number of likely N-dealkylation sites (tertiary alicyclic amines) is 1. The van der Waals surface area contributed by atoms with Crippen molar-refractivity contribution in [3.8, 4) is 0 Å². The second-order valence-electron chi connectivity index (χ2n) is 7.31. The van der Waals surface area contributed by atoms with E-state index in [-0.39, 0.29) is 21.9 Å². The molecule has 8 nitrogen and oxygen atoms in total. The lowest BCUT2D eigenvalue weighted by molar-refractivity contribution is -0.181. The van der Waals surface area contributed by atoms with E-state index < -0.39 is 27.8 Å². The predicted molar refractivity (Wildman–Crippen MR) is 94.7 cm³/mol. The summed E-state index contributed by atoms with van der Waals surface area (Å²) in [6, 6.07) is 3.78. The number of benzene rings is 1. The fraction of sp³-hybridized carbons (Fsp3) is 0.556. The maximum absolute atomic E-state index is 12.9. The number of nitrogens with zero attached hydrogens (tertiary/aromatic N) is 2. The monoisotopic (exact) mass is 394 g/mol. The summed E-state index contributed by atoms with van der Waals surface area (Å²) in [5.41, 5.74) is 0.380. The van der Waals surface area contributed by atoms with Gasteiger partial charge in [-0.25, -0.2) is 12.7 Å². The van der Waals surface area contributed by atoms with Gasteiger partial charge in [0.1, 0.15) is 4.90 Å². The molecule has 27 heavy (non-hydrogen) atoms. The number of amides is 2. The molecule has 0 atom stereocenters. The lowest BCUT2D eigenvalue weighted by Crippen LogP contribution is -2.47. The quantitative estimate of drug-likeness (QED) is 0.749. The average molecular weight is 394 g/mol. The van der Waals surface area contributed by atoms with E-state index in [1.807, 2.05) is 0 Å². The highest BCUT2D eigenvalue weighted by molar-refractivity contribution is 7.90. The van der Waals surface area contributed by atoms with Gasteiger partial charge in [0.2, 0.25) is 0 Å². The Morgan fingerprint density at radius 3 is 2.37 bits per heavy atom. The number of piperidine rings is 1. The molecule has 0 bridgehead atoms. The molecule has 2 amide bonds. The molecule has 1 spiro atoms. The molecule has 0 radical (unpaired) electrons. The molecule has 0 aliphatic carbocycles. The molecule has 3 aliphatic heterocycles. The second-order valence-corrected chi connectivity index (χ2v) is 9.09. The Balaban J connectivity index is 1.58. The number of fused-ring (bicyclic) bond motifs is 1. The minimum absolute atomic E-state index is 0.0945. The van der Waals surface area contributed by atoms with Crippen LogP contribution in [0.1, 0.15) is 47.4 Å². The van der Waals surface area contributed by atoms with Crippen LogP contribution in [0.2, 0.25) is 0 Å². The summed E-state index contributed by atoms with van der Waals surface area (Å²) in [5.74, 6) is -1.38. The van der Waals surface area contributed by atoms with Crippen LogP contribution in [0.3, 0.4) is 0 Å². The van der Waals surface area contributed by atoms with Gasteiger partial charge in [-0.2, -0.15) is 0 Å². The van der Waals surface area contributed by atoms with E-state index in [1.54, 1.807) is 18.7 Å². The maximum Gasteiger partial charge on any atom is 0.269 e. The molecule has 3 aliphatic rings. The summed E-state index contributed by atoms with van der Waals surface area (Å²) in [6.07, 6.45) is 1.17. The highest BCUT2D eigenvalue weighted by Crippen LogP contribution is 2.34. The lowest BCUT2D eigenvalue weighted by atomic mass is 10.0. The van der Waals surface area contributed by atoms with Crippen LogP contribution in [0.5, 0.6) is 0 Å². The molecule has 4 rings (SSSR count). The Hall–Kier alpha value is -1.97. The first-order valence-electron chi connectivity index (χ1n) is 9.05. The summed E-state index contributed by atoms with van der Waals surface area (Å²) in [6.45, 7) is 5.36. The number of sulfonamides is 1. The van der Waals surface area contributed by atoms with Gasteiger partial charge in [-0.15, -0.1) is 0 Å². The predicted octanol–water partition coefficient (Wildman–Crippen LogP) is 1.22. The van der Waals surface area contributed by atoms with Crippen molar-refractivity contribution in [1.29, 1.82) is 0 Å². The third-order valence-electron chi connectivity index (χ3n) is 5.29. The van der Waals surface area contributed by atoms with Crippen LogP contribution in [0.25, 0.3) is 0 Å². The number of hydrogen-bond donors (Lipinski definition) is 0. The normalized spacial score (nSPS) is 23.3. The van der Waals surface area contributed by atoms with Gasteiger partial charge in [0, 0.05) is 37.5 Å². The Morgan fingerprint density at radius 2 is 1.78 bits per heavy atom.